The van der Waals surface area contributed by atoms with Gasteiger partial charge in [0.05, 0.1) is 40.3 Å². The van der Waals surface area contributed by atoms with Crippen LogP contribution in [0.4, 0.5) is 10.1 Å². The summed E-state index contributed by atoms with van der Waals surface area (Å²) in [7, 11) is 3.26. The van der Waals surface area contributed by atoms with E-state index in [1.54, 1.807) is 27.2 Å². The molecule has 7 heteroatoms. The molecule has 0 heterocycles. The van der Waals surface area contributed by atoms with E-state index >= 15 is 4.39 Å². The van der Waals surface area contributed by atoms with E-state index in [1.807, 2.05) is 30.3 Å². The van der Waals surface area contributed by atoms with Crippen LogP contribution in [0.2, 0.25) is 0 Å². The van der Waals surface area contributed by atoms with Crippen LogP contribution < -0.4 is 14.0 Å². The van der Waals surface area contributed by atoms with Crippen LogP contribution in [0.5, 0.6) is 17.2 Å². The highest BCUT2D eigenvalue weighted by Gasteiger charge is 2.60. The number of rotatable bonds is 15. The van der Waals surface area contributed by atoms with Crippen molar-refractivity contribution in [1.29, 1.82) is 0 Å². The van der Waals surface area contributed by atoms with Gasteiger partial charge in [-0.25, -0.2) is 13.7 Å². The number of ether oxygens (including phenoxy) is 2. The van der Waals surface area contributed by atoms with Crippen molar-refractivity contribution in [1.82, 2.24) is 4.48 Å². The van der Waals surface area contributed by atoms with Crippen LogP contribution >= 0.6 is 0 Å². The molecule has 2 aromatic carbocycles. The Bertz CT molecular complexity index is 1370. The number of aromatic hydroxyl groups is 1. The summed E-state index contributed by atoms with van der Waals surface area (Å²) >= 11 is 0. The van der Waals surface area contributed by atoms with Crippen molar-refractivity contribution in [2.75, 3.05) is 27.3 Å². The summed E-state index contributed by atoms with van der Waals surface area (Å²) in [6.45, 7) is 7.51. The van der Waals surface area contributed by atoms with E-state index in [1.165, 1.54) is 25.7 Å². The average molecular weight is 653 g/mol. The molecule has 0 saturated heterocycles. The number of phenols is 1. The number of nitrogens with zero attached hydrogens (tertiary/aromatic N) is 1. The maximum absolute atomic E-state index is 16.2. The third-order valence-electron chi connectivity index (χ3n) is 12.5. The number of alkyl halides is 1. The van der Waals surface area contributed by atoms with Crippen molar-refractivity contribution in [3.05, 3.63) is 47.5 Å². The number of quaternary nitrogens is 1. The largest absolute Gasteiger partial charge is 0.508 e. The average Bonchev–Trinajstić information content (AvgIpc) is 3.35. The van der Waals surface area contributed by atoms with Crippen LogP contribution in [0.1, 0.15) is 115 Å². The minimum atomic E-state index is -1.01. The standard InChI is InChI=1S/C40H58FNO5/c1-6-7-8-9-10-12-21-42(27(2)43,30-15-19-35(46-4)36(25-30)47-5)22-13-11-14-28-23-29-24-31(44)16-17-32(29)39-34(41)26-40(3)33(38(28)39)18-20-37(40)45/h15-17,19,24-25,28,33-34,37-39,45H,6-14,18,20-23,26H2,1-5H3/p+1/t28-,33?,34+,37+,38?,39?,40+,42?/m1/s1. The molecule has 3 aliphatic rings. The second-order valence-electron chi connectivity index (χ2n) is 15.1. The van der Waals surface area contributed by atoms with Crippen LogP contribution in [-0.2, 0) is 11.2 Å². The SMILES string of the molecule is CCCCCCCC[N+](CCCC[C@@H]1Cc2cc(O)ccc2C2C1C1CC[C@H](O)[C@@]1(C)C[C@@H]2F)(C(C)=O)c1ccc(OC)c(OC)c1. The first-order chi connectivity index (χ1) is 22.6. The van der Waals surface area contributed by atoms with Crippen molar-refractivity contribution < 1.29 is 28.9 Å². The summed E-state index contributed by atoms with van der Waals surface area (Å²) in [5.41, 5.74) is 2.68. The first kappa shape index (κ1) is 35.7. The number of aliphatic hydroxyl groups is 1. The number of benzene rings is 2. The highest BCUT2D eigenvalue weighted by molar-refractivity contribution is 5.87. The van der Waals surface area contributed by atoms with Gasteiger partial charge in [0.1, 0.15) is 17.6 Å². The van der Waals surface area contributed by atoms with Gasteiger partial charge in [-0.1, -0.05) is 45.6 Å². The zero-order valence-corrected chi connectivity index (χ0v) is 29.5. The summed E-state index contributed by atoms with van der Waals surface area (Å²) in [6.07, 6.45) is 11.1. The lowest BCUT2D eigenvalue weighted by molar-refractivity contribution is -0.128. The van der Waals surface area contributed by atoms with Gasteiger partial charge >= 0.3 is 5.91 Å². The molecule has 3 aliphatic carbocycles. The maximum Gasteiger partial charge on any atom is 0.315 e. The van der Waals surface area contributed by atoms with Gasteiger partial charge in [-0.2, -0.15) is 0 Å². The predicted molar refractivity (Wildman–Crippen MR) is 187 cm³/mol. The van der Waals surface area contributed by atoms with Gasteiger partial charge in [-0.3, -0.25) is 0 Å². The van der Waals surface area contributed by atoms with Crippen LogP contribution in [0.3, 0.4) is 0 Å². The molecule has 0 bridgehead atoms. The molecule has 47 heavy (non-hydrogen) atoms. The molecule has 0 radical (unpaired) electrons. The van der Waals surface area contributed by atoms with E-state index in [0.29, 0.717) is 24.5 Å². The second kappa shape index (κ2) is 15.3. The molecule has 5 rings (SSSR count). The van der Waals surface area contributed by atoms with Crippen LogP contribution in [-0.4, -0.2) is 55.7 Å². The van der Waals surface area contributed by atoms with E-state index in [9.17, 15) is 15.0 Å². The van der Waals surface area contributed by atoms with E-state index in [0.717, 1.165) is 74.7 Å². The van der Waals surface area contributed by atoms with Crippen LogP contribution in [0.15, 0.2) is 36.4 Å². The molecule has 2 aromatic rings. The van der Waals surface area contributed by atoms with E-state index in [2.05, 4.69) is 13.8 Å². The number of halogens is 1. The number of phenolic OH excluding ortho intramolecular Hbond substituents is 1. The van der Waals surface area contributed by atoms with Gasteiger partial charge in [0.2, 0.25) is 0 Å². The second-order valence-corrected chi connectivity index (χ2v) is 15.1. The first-order valence-electron chi connectivity index (χ1n) is 18.3. The fraction of sp³-hybridized carbons (Fsp3) is 0.675. The number of carbonyl (C=O) groups is 1. The molecular weight excluding hydrogens is 593 g/mol. The smallest absolute Gasteiger partial charge is 0.315 e. The Labute approximate surface area is 282 Å². The summed E-state index contributed by atoms with van der Waals surface area (Å²) in [5, 5.41) is 21.4. The van der Waals surface area contributed by atoms with Gasteiger partial charge in [-0.05, 0) is 110 Å². The number of aliphatic hydroxyl groups excluding tert-OH is 1. The first-order valence-corrected chi connectivity index (χ1v) is 18.3. The minimum absolute atomic E-state index is 0.135. The molecule has 0 aliphatic heterocycles. The third-order valence-corrected chi connectivity index (χ3v) is 12.5. The normalized spacial score (nSPS) is 29.3. The number of fused-ring (bicyclic) bond motifs is 5. The summed E-state index contributed by atoms with van der Waals surface area (Å²) in [6, 6.07) is 11.4. The Balaban J connectivity index is 1.37. The Hall–Kier alpha value is -2.64. The Morgan fingerprint density at radius 1 is 0.957 bits per heavy atom. The van der Waals surface area contributed by atoms with Gasteiger partial charge in [0.25, 0.3) is 0 Å². The Morgan fingerprint density at radius 3 is 2.36 bits per heavy atom. The monoisotopic (exact) mass is 652 g/mol. The molecule has 0 spiro atoms. The fourth-order valence-electron chi connectivity index (χ4n) is 9.94. The quantitative estimate of drug-likeness (QED) is 0.149. The molecule has 2 saturated carbocycles. The van der Waals surface area contributed by atoms with Crippen molar-refractivity contribution >= 4 is 11.6 Å². The molecule has 2 N–H and O–H groups in total. The van der Waals surface area contributed by atoms with Crippen molar-refractivity contribution in [3.8, 4) is 17.2 Å². The van der Waals surface area contributed by atoms with E-state index < -0.39 is 17.7 Å². The van der Waals surface area contributed by atoms with Gasteiger partial charge in [0, 0.05) is 18.1 Å². The summed E-state index contributed by atoms with van der Waals surface area (Å²) in [5.74, 6) is 2.18. The lowest BCUT2D eigenvalue weighted by Crippen LogP contribution is -2.54. The number of carbonyl (C=O) groups excluding carboxylic acids is 1. The summed E-state index contributed by atoms with van der Waals surface area (Å²) < 4.78 is 27.7. The highest BCUT2D eigenvalue weighted by atomic mass is 19.1. The predicted octanol–water partition coefficient (Wildman–Crippen LogP) is 8.89. The number of amides is 1. The Morgan fingerprint density at radius 2 is 1.66 bits per heavy atom. The molecular formula is C40H59FNO5+. The number of unbranched alkanes of at least 4 members (excludes halogenated alkanes) is 6. The lowest BCUT2D eigenvalue weighted by Gasteiger charge is -2.54. The number of hydrogen-bond acceptors (Lipinski definition) is 5. The van der Waals surface area contributed by atoms with Crippen LogP contribution in [0, 0.1) is 23.2 Å². The topological polar surface area (TPSA) is 76.0 Å². The molecule has 6 nitrogen and oxygen atoms in total. The molecule has 260 valence electrons. The Kier molecular flexibility index (Phi) is 11.6. The minimum Gasteiger partial charge on any atom is -0.508 e. The summed E-state index contributed by atoms with van der Waals surface area (Å²) in [4.78, 5) is 13.7. The molecule has 4 unspecified atom stereocenters. The maximum atomic E-state index is 16.2. The third kappa shape index (κ3) is 7.08. The molecule has 0 aromatic heterocycles. The molecule has 8 atom stereocenters. The fourth-order valence-corrected chi connectivity index (χ4v) is 9.94. The zero-order valence-electron chi connectivity index (χ0n) is 29.5. The number of methoxy groups -OCH3 is 2. The van der Waals surface area contributed by atoms with Gasteiger partial charge < -0.3 is 19.7 Å². The van der Waals surface area contributed by atoms with Crippen LogP contribution in [0.25, 0.3) is 0 Å². The van der Waals surface area contributed by atoms with Gasteiger partial charge in [0.15, 0.2) is 11.5 Å². The zero-order chi connectivity index (χ0) is 33.8. The van der Waals surface area contributed by atoms with E-state index in [-0.39, 0.29) is 39.8 Å². The molecule has 1 amide bonds. The highest BCUT2D eigenvalue weighted by Crippen LogP contribution is 2.63. The van der Waals surface area contributed by atoms with E-state index in [4.69, 9.17) is 9.47 Å². The number of hydrogen-bond donors (Lipinski definition) is 2. The van der Waals surface area contributed by atoms with Crippen molar-refractivity contribution in [3.63, 3.8) is 0 Å². The van der Waals surface area contributed by atoms with Crippen molar-refractivity contribution in [2.45, 2.75) is 122 Å². The van der Waals surface area contributed by atoms with Gasteiger partial charge in [-0.15, -0.1) is 0 Å². The molecule has 2 fully saturated rings. The van der Waals surface area contributed by atoms with Crippen molar-refractivity contribution in [2.24, 2.45) is 23.2 Å². The lowest BCUT2D eigenvalue weighted by atomic mass is 9.51.